The van der Waals surface area contributed by atoms with Crippen molar-refractivity contribution in [1.29, 1.82) is 0 Å². The Morgan fingerprint density at radius 1 is 1.35 bits per heavy atom. The zero-order valence-electron chi connectivity index (χ0n) is 12.3. The highest BCUT2D eigenvalue weighted by molar-refractivity contribution is 5.91. The highest BCUT2D eigenvalue weighted by Gasteiger charge is 2.39. The molecule has 1 aliphatic rings. The first kappa shape index (κ1) is 15.2. The fourth-order valence-corrected chi connectivity index (χ4v) is 2.55. The van der Waals surface area contributed by atoms with E-state index in [1.165, 1.54) is 11.0 Å². The van der Waals surface area contributed by atoms with Gasteiger partial charge in [0.1, 0.15) is 6.33 Å². The molecule has 1 amide bonds. The van der Waals surface area contributed by atoms with E-state index in [9.17, 15) is 9.59 Å². The standard InChI is InChI=1S/C15H16N4O4/c20-12(21)8-15(6-7-23-9-15)17-14(22)13-16-10-19(18-13)11-4-2-1-3-5-11/h1-5,10H,6-9H2,(H,17,22)(H,20,21). The number of ether oxygens (including phenoxy) is 1. The van der Waals surface area contributed by atoms with E-state index < -0.39 is 17.4 Å². The van der Waals surface area contributed by atoms with Gasteiger partial charge < -0.3 is 15.2 Å². The molecule has 0 saturated carbocycles. The highest BCUT2D eigenvalue weighted by atomic mass is 16.5. The van der Waals surface area contributed by atoms with Crippen molar-refractivity contribution in [2.24, 2.45) is 0 Å². The summed E-state index contributed by atoms with van der Waals surface area (Å²) in [6.45, 7) is 0.587. The minimum atomic E-state index is -0.987. The number of hydrogen-bond acceptors (Lipinski definition) is 5. The van der Waals surface area contributed by atoms with Crippen LogP contribution in [0.25, 0.3) is 5.69 Å². The van der Waals surface area contributed by atoms with Gasteiger partial charge in [-0.1, -0.05) is 18.2 Å². The molecule has 0 radical (unpaired) electrons. The lowest BCUT2D eigenvalue weighted by molar-refractivity contribution is -0.138. The molecular formula is C15H16N4O4. The largest absolute Gasteiger partial charge is 0.481 e. The van der Waals surface area contributed by atoms with Gasteiger partial charge in [0.2, 0.25) is 5.82 Å². The Morgan fingerprint density at radius 3 is 2.78 bits per heavy atom. The topological polar surface area (TPSA) is 106 Å². The zero-order valence-corrected chi connectivity index (χ0v) is 12.3. The van der Waals surface area contributed by atoms with E-state index in [2.05, 4.69) is 15.4 Å². The highest BCUT2D eigenvalue weighted by Crippen LogP contribution is 2.23. The number of para-hydroxylation sites is 1. The molecule has 23 heavy (non-hydrogen) atoms. The molecule has 1 atom stereocenters. The summed E-state index contributed by atoms with van der Waals surface area (Å²) < 4.78 is 6.74. The van der Waals surface area contributed by atoms with Crippen LogP contribution < -0.4 is 5.32 Å². The molecule has 0 spiro atoms. The van der Waals surface area contributed by atoms with Crippen LogP contribution in [-0.2, 0) is 9.53 Å². The summed E-state index contributed by atoms with van der Waals surface area (Å²) in [5.41, 5.74) is -0.121. The van der Waals surface area contributed by atoms with Crippen molar-refractivity contribution in [3.05, 3.63) is 42.5 Å². The summed E-state index contributed by atoms with van der Waals surface area (Å²) in [6, 6.07) is 9.27. The van der Waals surface area contributed by atoms with Crippen LogP contribution in [0.15, 0.2) is 36.7 Å². The van der Waals surface area contributed by atoms with Crippen LogP contribution in [0.1, 0.15) is 23.5 Å². The van der Waals surface area contributed by atoms with Crippen LogP contribution in [0.4, 0.5) is 0 Å². The van der Waals surface area contributed by atoms with Crippen molar-refractivity contribution in [2.75, 3.05) is 13.2 Å². The van der Waals surface area contributed by atoms with Crippen molar-refractivity contribution in [3.63, 3.8) is 0 Å². The number of rotatable bonds is 5. The van der Waals surface area contributed by atoms with Crippen molar-refractivity contribution in [1.82, 2.24) is 20.1 Å². The smallest absolute Gasteiger partial charge is 0.305 e. The van der Waals surface area contributed by atoms with E-state index in [4.69, 9.17) is 9.84 Å². The average Bonchev–Trinajstić information content (AvgIpc) is 3.17. The quantitative estimate of drug-likeness (QED) is 0.838. The molecule has 120 valence electrons. The number of carbonyl (C=O) groups is 2. The number of carbonyl (C=O) groups excluding carboxylic acids is 1. The zero-order chi connectivity index (χ0) is 16.3. The Balaban J connectivity index is 1.76. The predicted molar refractivity (Wildman–Crippen MR) is 79.2 cm³/mol. The maximum absolute atomic E-state index is 12.3. The number of carboxylic acids is 1. The van der Waals surface area contributed by atoms with Gasteiger partial charge in [0.15, 0.2) is 0 Å². The van der Waals surface area contributed by atoms with Gasteiger partial charge in [-0.15, -0.1) is 5.10 Å². The molecule has 1 aliphatic heterocycles. The lowest BCUT2D eigenvalue weighted by Gasteiger charge is -2.26. The Bertz CT molecular complexity index is 707. The monoisotopic (exact) mass is 316 g/mol. The SMILES string of the molecule is O=C(O)CC1(NC(=O)c2ncn(-c3ccccc3)n2)CCOC1. The number of benzene rings is 1. The second-order valence-corrected chi connectivity index (χ2v) is 5.46. The summed E-state index contributed by atoms with van der Waals surface area (Å²) in [7, 11) is 0. The van der Waals surface area contributed by atoms with Crippen LogP contribution in [0, 0.1) is 0 Å². The molecule has 1 aromatic carbocycles. The van der Waals surface area contributed by atoms with Gasteiger partial charge in [0.05, 0.1) is 24.3 Å². The van der Waals surface area contributed by atoms with Crippen molar-refractivity contribution < 1.29 is 19.4 Å². The van der Waals surface area contributed by atoms with Crippen molar-refractivity contribution >= 4 is 11.9 Å². The first-order chi connectivity index (χ1) is 11.1. The fourth-order valence-electron chi connectivity index (χ4n) is 2.55. The Labute approximate surface area is 132 Å². The number of nitrogens with zero attached hydrogens (tertiary/aromatic N) is 3. The van der Waals surface area contributed by atoms with Gasteiger partial charge in [-0.2, -0.15) is 0 Å². The van der Waals surface area contributed by atoms with Gasteiger partial charge in [-0.3, -0.25) is 9.59 Å². The van der Waals surface area contributed by atoms with E-state index in [1.807, 2.05) is 30.3 Å². The Kier molecular flexibility index (Phi) is 4.07. The summed E-state index contributed by atoms with van der Waals surface area (Å²) in [4.78, 5) is 27.4. The van der Waals surface area contributed by atoms with Crippen LogP contribution >= 0.6 is 0 Å². The lowest BCUT2D eigenvalue weighted by atomic mass is 9.94. The van der Waals surface area contributed by atoms with Gasteiger partial charge in [0, 0.05) is 6.61 Å². The molecule has 8 heteroatoms. The lowest BCUT2D eigenvalue weighted by Crippen LogP contribution is -2.50. The first-order valence-electron chi connectivity index (χ1n) is 7.17. The average molecular weight is 316 g/mol. The number of amides is 1. The molecule has 3 rings (SSSR count). The summed E-state index contributed by atoms with van der Waals surface area (Å²) in [5, 5.41) is 15.9. The van der Waals surface area contributed by atoms with Gasteiger partial charge in [-0.05, 0) is 18.6 Å². The van der Waals surface area contributed by atoms with Gasteiger partial charge >= 0.3 is 5.97 Å². The van der Waals surface area contributed by atoms with Gasteiger partial charge in [-0.25, -0.2) is 9.67 Å². The Morgan fingerprint density at radius 2 is 2.13 bits per heavy atom. The van der Waals surface area contributed by atoms with E-state index in [-0.39, 0.29) is 18.9 Å². The van der Waals surface area contributed by atoms with E-state index in [1.54, 1.807) is 0 Å². The van der Waals surface area contributed by atoms with Crippen LogP contribution in [0.5, 0.6) is 0 Å². The number of aromatic nitrogens is 3. The molecule has 2 aromatic rings. The summed E-state index contributed by atoms with van der Waals surface area (Å²) >= 11 is 0. The third-order valence-electron chi connectivity index (χ3n) is 3.69. The molecule has 8 nitrogen and oxygen atoms in total. The number of nitrogens with one attached hydrogen (secondary N) is 1. The number of aliphatic carboxylic acids is 1. The second-order valence-electron chi connectivity index (χ2n) is 5.46. The third-order valence-corrected chi connectivity index (χ3v) is 3.69. The molecule has 2 heterocycles. The number of carboxylic acid groups (broad SMARTS) is 1. The minimum absolute atomic E-state index is 0.00878. The van der Waals surface area contributed by atoms with Crippen LogP contribution in [-0.4, -0.2) is 50.5 Å². The van der Waals surface area contributed by atoms with Crippen molar-refractivity contribution in [2.45, 2.75) is 18.4 Å². The van der Waals surface area contributed by atoms with E-state index in [0.717, 1.165) is 5.69 Å². The molecule has 0 aliphatic carbocycles. The molecular weight excluding hydrogens is 300 g/mol. The maximum Gasteiger partial charge on any atom is 0.305 e. The van der Waals surface area contributed by atoms with Crippen molar-refractivity contribution in [3.8, 4) is 5.69 Å². The summed E-state index contributed by atoms with van der Waals surface area (Å²) in [6.07, 6.45) is 1.70. The van der Waals surface area contributed by atoms with Gasteiger partial charge in [0.25, 0.3) is 5.91 Å². The molecule has 1 aromatic heterocycles. The molecule has 0 bridgehead atoms. The Hall–Kier alpha value is -2.74. The molecule has 1 saturated heterocycles. The van der Waals surface area contributed by atoms with Crippen LogP contribution in [0.3, 0.4) is 0 Å². The third kappa shape index (κ3) is 3.37. The predicted octanol–water partition coefficient (Wildman–Crippen LogP) is 0.631. The summed E-state index contributed by atoms with van der Waals surface area (Å²) in [5.74, 6) is -1.50. The minimum Gasteiger partial charge on any atom is -0.481 e. The molecule has 2 N–H and O–H groups in total. The normalized spacial score (nSPS) is 20.3. The van der Waals surface area contributed by atoms with E-state index >= 15 is 0 Å². The first-order valence-corrected chi connectivity index (χ1v) is 7.17. The number of hydrogen-bond donors (Lipinski definition) is 2. The fraction of sp³-hybridized carbons (Fsp3) is 0.333. The second kappa shape index (κ2) is 6.17. The molecule has 1 unspecified atom stereocenters. The van der Waals surface area contributed by atoms with E-state index in [0.29, 0.717) is 13.0 Å². The van der Waals surface area contributed by atoms with Crippen LogP contribution in [0.2, 0.25) is 0 Å². The molecule has 1 fully saturated rings. The maximum atomic E-state index is 12.3.